The van der Waals surface area contributed by atoms with Gasteiger partial charge in [-0.3, -0.25) is 4.90 Å². The van der Waals surface area contributed by atoms with E-state index in [4.69, 9.17) is 0 Å². The lowest BCUT2D eigenvalue weighted by Crippen LogP contribution is -2.42. The second-order valence-corrected chi connectivity index (χ2v) is 3.31. The normalized spacial score (nSPS) is 33.6. The first-order valence-corrected chi connectivity index (χ1v) is 4.27. The number of rotatable bonds is 2. The maximum Gasteiger partial charge on any atom is 0.0567 e. The molecule has 1 rings (SSSR count). The number of aliphatic hydroxyl groups is 1. The lowest BCUT2D eigenvalue weighted by atomic mass is 10.0. The summed E-state index contributed by atoms with van der Waals surface area (Å²) < 4.78 is 0. The third kappa shape index (κ3) is 2.31. The molecule has 0 aliphatic carbocycles. The van der Waals surface area contributed by atoms with Gasteiger partial charge in [-0.25, -0.2) is 0 Å². The molecule has 0 radical (unpaired) electrons. The fourth-order valence-electron chi connectivity index (χ4n) is 1.63. The Morgan fingerprint density at radius 3 is 3.00 bits per heavy atom. The van der Waals surface area contributed by atoms with Gasteiger partial charge in [0.05, 0.1) is 6.10 Å². The molecule has 0 saturated carbocycles. The predicted octanol–water partition coefficient (Wildman–Crippen LogP) is 1.02. The summed E-state index contributed by atoms with van der Waals surface area (Å²) in [6, 6.07) is 0.511. The Bertz CT molecular complexity index is 136. The van der Waals surface area contributed by atoms with Gasteiger partial charge in [-0.15, -0.1) is 6.58 Å². The van der Waals surface area contributed by atoms with Crippen LogP contribution in [0.4, 0.5) is 0 Å². The molecular formula is C9H17NO. The van der Waals surface area contributed by atoms with Crippen LogP contribution < -0.4 is 0 Å². The second kappa shape index (κ2) is 3.88. The molecule has 0 aromatic rings. The van der Waals surface area contributed by atoms with E-state index < -0.39 is 0 Å². The van der Waals surface area contributed by atoms with Crippen molar-refractivity contribution in [3.05, 3.63) is 12.7 Å². The molecule has 2 heteroatoms. The van der Waals surface area contributed by atoms with E-state index in [1.54, 1.807) is 0 Å². The standard InChI is InChI=1S/C9H17NO/c1-3-5-10-6-4-9(11)7-8(10)2/h3,8-9,11H,1,4-7H2,2H3/t8-,9-/m1/s1. The SMILES string of the molecule is C=CCN1CC[C@@H](O)C[C@H]1C. The summed E-state index contributed by atoms with van der Waals surface area (Å²) in [7, 11) is 0. The van der Waals surface area contributed by atoms with Crippen molar-refractivity contribution in [2.24, 2.45) is 0 Å². The number of nitrogens with zero attached hydrogens (tertiary/aromatic N) is 1. The van der Waals surface area contributed by atoms with Gasteiger partial charge in [0.25, 0.3) is 0 Å². The van der Waals surface area contributed by atoms with Crippen LogP contribution in [-0.2, 0) is 0 Å². The van der Waals surface area contributed by atoms with Crippen LogP contribution >= 0.6 is 0 Å². The van der Waals surface area contributed by atoms with E-state index in [2.05, 4.69) is 18.4 Å². The van der Waals surface area contributed by atoms with E-state index in [0.29, 0.717) is 6.04 Å². The Balaban J connectivity index is 2.37. The number of hydrogen-bond donors (Lipinski definition) is 1. The largest absolute Gasteiger partial charge is 0.393 e. The first-order chi connectivity index (χ1) is 5.24. The maximum atomic E-state index is 9.31. The first-order valence-electron chi connectivity index (χ1n) is 4.27. The van der Waals surface area contributed by atoms with Gasteiger partial charge >= 0.3 is 0 Å². The van der Waals surface area contributed by atoms with Gasteiger partial charge in [-0.05, 0) is 19.8 Å². The number of aliphatic hydroxyl groups excluding tert-OH is 1. The zero-order chi connectivity index (χ0) is 8.27. The lowest BCUT2D eigenvalue weighted by molar-refractivity contribution is 0.0547. The van der Waals surface area contributed by atoms with E-state index >= 15 is 0 Å². The van der Waals surface area contributed by atoms with Gasteiger partial charge in [0, 0.05) is 19.1 Å². The third-order valence-corrected chi connectivity index (χ3v) is 2.35. The summed E-state index contributed by atoms with van der Waals surface area (Å²) in [5.74, 6) is 0. The molecule has 1 aliphatic heterocycles. The topological polar surface area (TPSA) is 23.5 Å². The minimum absolute atomic E-state index is 0.0777. The summed E-state index contributed by atoms with van der Waals surface area (Å²) in [5, 5.41) is 9.31. The van der Waals surface area contributed by atoms with Crippen molar-refractivity contribution in [1.29, 1.82) is 0 Å². The minimum Gasteiger partial charge on any atom is -0.393 e. The summed E-state index contributed by atoms with van der Waals surface area (Å²) in [6.07, 6.45) is 3.67. The highest BCUT2D eigenvalue weighted by Gasteiger charge is 2.22. The summed E-state index contributed by atoms with van der Waals surface area (Å²) >= 11 is 0. The molecule has 1 aliphatic rings. The molecule has 1 N–H and O–H groups in total. The van der Waals surface area contributed by atoms with Crippen LogP contribution in [0, 0.1) is 0 Å². The summed E-state index contributed by atoms with van der Waals surface area (Å²) in [5.41, 5.74) is 0. The highest BCUT2D eigenvalue weighted by molar-refractivity contribution is 4.83. The van der Waals surface area contributed by atoms with Crippen LogP contribution in [0.1, 0.15) is 19.8 Å². The van der Waals surface area contributed by atoms with Gasteiger partial charge < -0.3 is 5.11 Å². The zero-order valence-corrected chi connectivity index (χ0v) is 7.16. The van der Waals surface area contributed by atoms with Gasteiger partial charge in [0.1, 0.15) is 0 Å². The molecule has 0 bridgehead atoms. The van der Waals surface area contributed by atoms with Gasteiger partial charge in [-0.2, -0.15) is 0 Å². The number of hydrogen-bond acceptors (Lipinski definition) is 2. The number of likely N-dealkylation sites (tertiary alicyclic amines) is 1. The Kier molecular flexibility index (Phi) is 3.09. The van der Waals surface area contributed by atoms with Crippen molar-refractivity contribution < 1.29 is 5.11 Å². The van der Waals surface area contributed by atoms with Gasteiger partial charge in [0.2, 0.25) is 0 Å². The molecule has 0 unspecified atom stereocenters. The van der Waals surface area contributed by atoms with E-state index in [1.807, 2.05) is 6.08 Å². The lowest BCUT2D eigenvalue weighted by Gasteiger charge is -2.34. The fourth-order valence-corrected chi connectivity index (χ4v) is 1.63. The number of piperidine rings is 1. The molecule has 64 valence electrons. The molecule has 1 heterocycles. The van der Waals surface area contributed by atoms with Crippen LogP contribution in [0.3, 0.4) is 0 Å². The smallest absolute Gasteiger partial charge is 0.0567 e. The Morgan fingerprint density at radius 1 is 1.73 bits per heavy atom. The maximum absolute atomic E-state index is 9.31. The van der Waals surface area contributed by atoms with Crippen molar-refractivity contribution >= 4 is 0 Å². The van der Waals surface area contributed by atoms with Crippen molar-refractivity contribution in [2.45, 2.75) is 31.9 Å². The van der Waals surface area contributed by atoms with Crippen molar-refractivity contribution in [3.8, 4) is 0 Å². The van der Waals surface area contributed by atoms with E-state index in [-0.39, 0.29) is 6.10 Å². The van der Waals surface area contributed by atoms with Gasteiger partial charge in [0.15, 0.2) is 0 Å². The van der Waals surface area contributed by atoms with Crippen molar-refractivity contribution in [3.63, 3.8) is 0 Å². The Labute approximate surface area is 68.5 Å². The van der Waals surface area contributed by atoms with Crippen LogP contribution in [0.5, 0.6) is 0 Å². The van der Waals surface area contributed by atoms with Crippen LogP contribution in [-0.4, -0.2) is 35.2 Å². The van der Waals surface area contributed by atoms with Crippen molar-refractivity contribution in [1.82, 2.24) is 4.90 Å². The predicted molar refractivity (Wildman–Crippen MR) is 46.5 cm³/mol. The summed E-state index contributed by atoms with van der Waals surface area (Å²) in [6.45, 7) is 7.82. The van der Waals surface area contributed by atoms with E-state index in [9.17, 15) is 5.11 Å². The molecule has 0 aromatic carbocycles. The molecule has 0 amide bonds. The summed E-state index contributed by atoms with van der Waals surface area (Å²) in [4.78, 5) is 2.35. The third-order valence-electron chi connectivity index (χ3n) is 2.35. The van der Waals surface area contributed by atoms with Crippen LogP contribution in [0.25, 0.3) is 0 Å². The molecule has 2 nitrogen and oxygen atoms in total. The van der Waals surface area contributed by atoms with Crippen LogP contribution in [0.2, 0.25) is 0 Å². The Morgan fingerprint density at radius 2 is 2.45 bits per heavy atom. The molecule has 11 heavy (non-hydrogen) atoms. The minimum atomic E-state index is -0.0777. The fraction of sp³-hybridized carbons (Fsp3) is 0.778. The second-order valence-electron chi connectivity index (χ2n) is 3.31. The average molecular weight is 155 g/mol. The molecule has 0 aromatic heterocycles. The van der Waals surface area contributed by atoms with E-state index in [1.165, 1.54) is 0 Å². The van der Waals surface area contributed by atoms with Gasteiger partial charge in [-0.1, -0.05) is 6.08 Å². The highest BCUT2D eigenvalue weighted by atomic mass is 16.3. The zero-order valence-electron chi connectivity index (χ0n) is 7.16. The molecule has 0 spiro atoms. The molecular weight excluding hydrogens is 138 g/mol. The average Bonchev–Trinajstić information content (AvgIpc) is 1.95. The first kappa shape index (κ1) is 8.75. The van der Waals surface area contributed by atoms with Crippen molar-refractivity contribution in [2.75, 3.05) is 13.1 Å². The molecule has 2 atom stereocenters. The quantitative estimate of drug-likeness (QED) is 0.602. The molecule has 1 fully saturated rings. The monoisotopic (exact) mass is 155 g/mol. The molecule has 1 saturated heterocycles. The highest BCUT2D eigenvalue weighted by Crippen LogP contribution is 2.16. The van der Waals surface area contributed by atoms with Crippen LogP contribution in [0.15, 0.2) is 12.7 Å². The Hall–Kier alpha value is -0.340. The van der Waals surface area contributed by atoms with E-state index in [0.717, 1.165) is 25.9 Å².